The van der Waals surface area contributed by atoms with Crippen LogP contribution in [0.15, 0.2) is 24.3 Å². The van der Waals surface area contributed by atoms with Gasteiger partial charge in [0.05, 0.1) is 6.04 Å². The zero-order valence-electron chi connectivity index (χ0n) is 19.4. The van der Waals surface area contributed by atoms with E-state index in [9.17, 15) is 9.59 Å². The molecule has 1 atom stereocenters. The first-order chi connectivity index (χ1) is 14.8. The third kappa shape index (κ3) is 5.22. The van der Waals surface area contributed by atoms with E-state index >= 15 is 0 Å². The van der Waals surface area contributed by atoms with Gasteiger partial charge in [0.15, 0.2) is 0 Å². The van der Waals surface area contributed by atoms with Crippen LogP contribution in [-0.2, 0) is 17.8 Å². The minimum absolute atomic E-state index is 0.00327. The minimum atomic E-state index is -0.235. The molecule has 2 aliphatic heterocycles. The van der Waals surface area contributed by atoms with E-state index in [1.165, 1.54) is 24.0 Å². The number of carbonyl (C=O) groups excluding carboxylic acids is 2. The Morgan fingerprint density at radius 1 is 0.935 bits per heavy atom. The number of nitrogens with zero attached hydrogens (tertiary/aromatic N) is 3. The lowest BCUT2D eigenvalue weighted by Crippen LogP contribution is -2.60. The molecule has 0 spiro atoms. The Hall–Kier alpha value is -2.08. The van der Waals surface area contributed by atoms with E-state index in [4.69, 9.17) is 0 Å². The molecular formula is C25H38N4O2. The smallest absolute Gasteiger partial charge is 0.317 e. The van der Waals surface area contributed by atoms with E-state index in [-0.39, 0.29) is 17.6 Å². The number of hydrogen-bond donors (Lipinski definition) is 1. The van der Waals surface area contributed by atoms with Crippen molar-refractivity contribution in [3.8, 4) is 0 Å². The molecule has 0 aromatic heterocycles. The quantitative estimate of drug-likeness (QED) is 0.807. The van der Waals surface area contributed by atoms with Gasteiger partial charge in [0.2, 0.25) is 5.91 Å². The summed E-state index contributed by atoms with van der Waals surface area (Å²) in [6, 6.07) is 8.47. The lowest BCUT2D eigenvalue weighted by molar-refractivity contribution is -0.141. The monoisotopic (exact) mass is 426 g/mol. The average molecular weight is 427 g/mol. The zero-order chi connectivity index (χ0) is 22.0. The summed E-state index contributed by atoms with van der Waals surface area (Å²) in [6.45, 7) is 10.5. The third-order valence-corrected chi connectivity index (χ3v) is 7.02. The van der Waals surface area contributed by atoms with Crippen molar-refractivity contribution in [2.24, 2.45) is 5.92 Å². The first-order valence-corrected chi connectivity index (χ1v) is 12.0. The number of amides is 3. The Morgan fingerprint density at radius 2 is 1.58 bits per heavy atom. The lowest BCUT2D eigenvalue weighted by Gasteiger charge is -2.43. The van der Waals surface area contributed by atoms with Crippen LogP contribution >= 0.6 is 0 Å². The number of carbonyl (C=O) groups is 2. The fourth-order valence-electron chi connectivity index (χ4n) is 5.40. The van der Waals surface area contributed by atoms with Gasteiger partial charge in [-0.05, 0) is 57.1 Å². The summed E-state index contributed by atoms with van der Waals surface area (Å²) in [5.41, 5.74) is 2.43. The summed E-state index contributed by atoms with van der Waals surface area (Å²) >= 11 is 0. The molecule has 1 N–H and O–H groups in total. The van der Waals surface area contributed by atoms with E-state index in [2.05, 4.69) is 39.4 Å². The van der Waals surface area contributed by atoms with Crippen molar-refractivity contribution in [2.75, 3.05) is 32.7 Å². The molecule has 3 aliphatic rings. The normalized spacial score (nSPS) is 21.6. The van der Waals surface area contributed by atoms with Gasteiger partial charge in [-0.15, -0.1) is 0 Å². The molecule has 1 aromatic rings. The van der Waals surface area contributed by atoms with Crippen molar-refractivity contribution in [1.82, 2.24) is 20.0 Å². The molecule has 3 amide bonds. The van der Waals surface area contributed by atoms with Crippen LogP contribution in [-0.4, -0.2) is 70.9 Å². The van der Waals surface area contributed by atoms with Crippen LogP contribution in [0.2, 0.25) is 0 Å². The predicted octanol–water partition coefficient (Wildman–Crippen LogP) is 3.26. The topological polar surface area (TPSA) is 55.9 Å². The predicted molar refractivity (Wildman–Crippen MR) is 123 cm³/mol. The van der Waals surface area contributed by atoms with Gasteiger partial charge in [0, 0.05) is 44.8 Å². The largest absolute Gasteiger partial charge is 0.337 e. The van der Waals surface area contributed by atoms with Gasteiger partial charge in [-0.1, -0.05) is 37.1 Å². The Balaban J connectivity index is 1.43. The van der Waals surface area contributed by atoms with Crippen LogP contribution in [0.25, 0.3) is 0 Å². The van der Waals surface area contributed by atoms with Gasteiger partial charge in [-0.3, -0.25) is 9.69 Å². The number of hydrogen-bond acceptors (Lipinski definition) is 3. The summed E-state index contributed by atoms with van der Waals surface area (Å²) in [5, 5.41) is 3.07. The van der Waals surface area contributed by atoms with Gasteiger partial charge in [0.25, 0.3) is 0 Å². The van der Waals surface area contributed by atoms with Crippen LogP contribution in [0.4, 0.5) is 4.79 Å². The number of benzene rings is 1. The van der Waals surface area contributed by atoms with Crippen molar-refractivity contribution in [2.45, 2.75) is 71.0 Å². The molecule has 6 heteroatoms. The molecule has 1 saturated carbocycles. The molecule has 0 unspecified atom stereocenters. The molecule has 0 radical (unpaired) electrons. The van der Waals surface area contributed by atoms with E-state index in [1.54, 1.807) is 0 Å². The number of urea groups is 1. The molecule has 1 saturated heterocycles. The molecule has 1 aliphatic carbocycles. The Morgan fingerprint density at radius 3 is 2.23 bits per heavy atom. The SMILES string of the molecule is CC(C)(C)NC(=O)N1CCN([C@@H](C(=O)N2CCc3ccccc3C2)C2CCCC2)CC1. The molecule has 2 heterocycles. The summed E-state index contributed by atoms with van der Waals surface area (Å²) in [4.78, 5) is 32.7. The maximum Gasteiger partial charge on any atom is 0.317 e. The molecule has 6 nitrogen and oxygen atoms in total. The zero-order valence-corrected chi connectivity index (χ0v) is 19.4. The highest BCUT2D eigenvalue weighted by Gasteiger charge is 2.40. The maximum absolute atomic E-state index is 13.8. The summed E-state index contributed by atoms with van der Waals surface area (Å²) in [5.74, 6) is 0.744. The number of piperazine rings is 1. The fourth-order valence-corrected chi connectivity index (χ4v) is 5.40. The van der Waals surface area contributed by atoms with Gasteiger partial charge in [0.1, 0.15) is 0 Å². The van der Waals surface area contributed by atoms with Crippen LogP contribution in [0, 0.1) is 5.92 Å². The second kappa shape index (κ2) is 9.19. The highest BCUT2D eigenvalue weighted by Crippen LogP contribution is 2.33. The van der Waals surface area contributed by atoms with Crippen molar-refractivity contribution in [3.05, 3.63) is 35.4 Å². The molecular weight excluding hydrogens is 388 g/mol. The summed E-state index contributed by atoms with van der Waals surface area (Å²) in [7, 11) is 0. The number of fused-ring (bicyclic) bond motifs is 1. The first-order valence-electron chi connectivity index (χ1n) is 12.0. The molecule has 170 valence electrons. The van der Waals surface area contributed by atoms with E-state index < -0.39 is 0 Å². The highest BCUT2D eigenvalue weighted by molar-refractivity contribution is 5.83. The maximum atomic E-state index is 13.8. The average Bonchev–Trinajstić information content (AvgIpc) is 3.27. The second-order valence-corrected chi connectivity index (χ2v) is 10.5. The van der Waals surface area contributed by atoms with E-state index in [0.29, 0.717) is 24.9 Å². The van der Waals surface area contributed by atoms with Crippen molar-refractivity contribution in [1.29, 1.82) is 0 Å². The van der Waals surface area contributed by atoms with Gasteiger partial charge < -0.3 is 15.1 Å². The standard InChI is InChI=1S/C25H38N4O2/c1-25(2,3)26-24(31)28-16-14-27(15-17-28)22(20-9-5-6-10-20)23(30)29-13-12-19-8-4-7-11-21(19)18-29/h4,7-8,11,20,22H,5-6,9-10,12-18H2,1-3H3,(H,26,31)/t22-/m1/s1. The second-order valence-electron chi connectivity index (χ2n) is 10.5. The molecule has 0 bridgehead atoms. The van der Waals surface area contributed by atoms with Crippen molar-refractivity contribution >= 4 is 11.9 Å². The molecule has 2 fully saturated rings. The number of nitrogens with one attached hydrogen (secondary N) is 1. The van der Waals surface area contributed by atoms with Crippen LogP contribution in [0.3, 0.4) is 0 Å². The molecule has 4 rings (SSSR count). The van der Waals surface area contributed by atoms with Crippen LogP contribution in [0.5, 0.6) is 0 Å². The summed E-state index contributed by atoms with van der Waals surface area (Å²) < 4.78 is 0. The minimum Gasteiger partial charge on any atom is -0.337 e. The van der Waals surface area contributed by atoms with Gasteiger partial charge >= 0.3 is 6.03 Å². The number of rotatable bonds is 3. The first kappa shape index (κ1) is 22.1. The Labute approximate surface area is 187 Å². The molecule has 31 heavy (non-hydrogen) atoms. The Bertz CT molecular complexity index is 789. The van der Waals surface area contributed by atoms with Gasteiger partial charge in [-0.25, -0.2) is 4.79 Å². The van der Waals surface area contributed by atoms with E-state index in [1.807, 2.05) is 25.7 Å². The van der Waals surface area contributed by atoms with E-state index in [0.717, 1.165) is 45.4 Å². The van der Waals surface area contributed by atoms with Crippen LogP contribution in [0.1, 0.15) is 57.6 Å². The molecule has 1 aromatic carbocycles. The third-order valence-electron chi connectivity index (χ3n) is 7.02. The Kier molecular flexibility index (Phi) is 6.56. The lowest BCUT2D eigenvalue weighted by atomic mass is 9.92. The fraction of sp³-hybridized carbons (Fsp3) is 0.680. The van der Waals surface area contributed by atoms with Crippen molar-refractivity contribution in [3.63, 3.8) is 0 Å². The highest BCUT2D eigenvalue weighted by atomic mass is 16.2. The van der Waals surface area contributed by atoms with Gasteiger partial charge in [-0.2, -0.15) is 0 Å². The van der Waals surface area contributed by atoms with Crippen LogP contribution < -0.4 is 5.32 Å². The summed E-state index contributed by atoms with van der Waals surface area (Å²) in [6.07, 6.45) is 5.69. The van der Waals surface area contributed by atoms with Crippen molar-refractivity contribution < 1.29 is 9.59 Å².